The number of carbonyl (C=O) groups excluding carboxylic acids is 16. The van der Waals surface area contributed by atoms with Crippen molar-refractivity contribution in [3.05, 3.63) is 58.0 Å². The van der Waals surface area contributed by atoms with Gasteiger partial charge in [-0.3, -0.25) is 81.6 Å². The first-order chi connectivity index (χ1) is 70.9. The standard InChI is InChI=1S/C93H140F2N12O40S/c1-5-144-82(126)19-13-62(110)70-43-58-69(148-70)44-68(135-4)91(84(58)94)146-25-9-24-145-90-67(134-3)42-57-52-106(53-59(57)85(90)95)79(123)18-20-83(127)147-56(2)45-97-71(115)14-11-61(104-73(117)10-7-6-8-23-107-80(124)16-17-81(107)125)93(133)103-51-78(122)101-50-77(121)100-49-76(120)99-48-75(119)96-22-27-137-29-31-139-33-35-141-37-39-143-41-40-142-38-36-140-34-32-138-30-28-136-26-21-74(118)105-60(92(132)102-47-64(112)87(129)89(131)66(114)55-109)12-15-72(116)98-46-63(111)86(128)88(130)65(113)54-108/h16-17,42-44,56,60-61,63-66,86-89,108-109,111-114,128-131H,5-15,18-41,45-55H2,1-4H3,(H,96,119)(H,97,115)(H,98,116)(H,99,120)(H,100,121)(H,101,122)(H,102,132)(H,103,133)(H,104,117)(H,105,118)/t56-,60-,61-,63-,64-,65+,66+,86+,87+,88+,89+/m0/s1. The number of Topliss-reactive ketones (excluding diaryl/α,β-unsaturated/α-hetero) is 1. The van der Waals surface area contributed by atoms with Gasteiger partial charge in [0, 0.05) is 118 Å². The van der Waals surface area contributed by atoms with Crippen LogP contribution < -0.4 is 72.1 Å². The smallest absolute Gasteiger partial charge is 0.306 e. The number of rotatable bonds is 82. The number of aliphatic hydroxyl groups is 10. The van der Waals surface area contributed by atoms with Gasteiger partial charge in [-0.15, -0.1) is 11.3 Å². The van der Waals surface area contributed by atoms with Crippen LogP contribution >= 0.6 is 11.3 Å². The van der Waals surface area contributed by atoms with Crippen LogP contribution in [0.15, 0.2) is 30.4 Å². The van der Waals surface area contributed by atoms with E-state index in [1.165, 1.54) is 44.2 Å². The summed E-state index contributed by atoms with van der Waals surface area (Å²) < 4.78 is 109. The molecule has 3 heterocycles. The molecule has 0 saturated carbocycles. The minimum atomic E-state index is -2.02. The molecule has 20 N–H and O–H groups in total. The normalized spacial score (nSPS) is 14.4. The summed E-state index contributed by atoms with van der Waals surface area (Å²) >= 11 is 1.03. The number of imide groups is 1. The summed E-state index contributed by atoms with van der Waals surface area (Å²) in [4.78, 5) is 206. The molecule has 0 fully saturated rings. The predicted octanol–water partition coefficient (Wildman–Crippen LogP) is -6.54. The Morgan fingerprint density at radius 1 is 0.426 bits per heavy atom. The second kappa shape index (κ2) is 71.9. The van der Waals surface area contributed by atoms with Crippen molar-refractivity contribution in [2.24, 2.45) is 0 Å². The minimum absolute atomic E-state index is 0.0265. The van der Waals surface area contributed by atoms with E-state index in [4.69, 9.17) is 76.5 Å². The number of hydrogen-bond donors (Lipinski definition) is 20. The zero-order chi connectivity index (χ0) is 109. The molecule has 1 aromatic heterocycles. The number of aliphatic hydroxyl groups excluding tert-OH is 10. The van der Waals surface area contributed by atoms with Crippen molar-refractivity contribution >= 4 is 116 Å². The number of carbonyl (C=O) groups is 16. The number of amides is 13. The summed E-state index contributed by atoms with van der Waals surface area (Å²) in [6.07, 6.45) is -15.5. The highest BCUT2D eigenvalue weighted by atomic mass is 32.1. The Labute approximate surface area is 854 Å². The molecule has 11 atom stereocenters. The van der Waals surface area contributed by atoms with Gasteiger partial charge in [-0.25, -0.2) is 8.78 Å². The van der Waals surface area contributed by atoms with Crippen molar-refractivity contribution in [3.8, 4) is 23.0 Å². The average Bonchev–Trinajstić information content (AvgIpc) is 1.63. The molecule has 5 rings (SSSR count). The first kappa shape index (κ1) is 127. The van der Waals surface area contributed by atoms with E-state index < -0.39 is 233 Å². The number of unbranched alkanes of at least 4 members (excludes halogenated alkanes) is 2. The second-order valence-electron chi connectivity index (χ2n) is 33.2. The molecular formula is C93H140F2N12O40S. The summed E-state index contributed by atoms with van der Waals surface area (Å²) in [5.41, 5.74) is 0.576. The molecule has 2 aliphatic rings. The number of ketones is 1. The molecule has 0 radical (unpaired) electrons. The Morgan fingerprint density at radius 2 is 0.865 bits per heavy atom. The Morgan fingerprint density at radius 3 is 1.36 bits per heavy atom. The zero-order valence-electron chi connectivity index (χ0n) is 83.0. The lowest BCUT2D eigenvalue weighted by Gasteiger charge is -2.26. The molecule has 0 bridgehead atoms. The molecule has 2 aromatic carbocycles. The van der Waals surface area contributed by atoms with E-state index in [9.17, 15) is 118 Å². The molecule has 0 aliphatic carbocycles. The molecule has 832 valence electrons. The molecule has 148 heavy (non-hydrogen) atoms. The van der Waals surface area contributed by atoms with Gasteiger partial charge in [0.1, 0.15) is 54.8 Å². The second-order valence-corrected chi connectivity index (χ2v) is 34.3. The molecule has 2 aliphatic heterocycles. The van der Waals surface area contributed by atoms with Crippen molar-refractivity contribution in [2.45, 2.75) is 184 Å². The Balaban J connectivity index is 0.860. The number of hydrogen-bond acceptors (Lipinski definition) is 41. The number of thiophene rings is 1. The van der Waals surface area contributed by atoms with E-state index in [-0.39, 0.29) is 241 Å². The van der Waals surface area contributed by atoms with Gasteiger partial charge in [-0.05, 0) is 57.2 Å². The van der Waals surface area contributed by atoms with Gasteiger partial charge in [0.2, 0.25) is 65.0 Å². The van der Waals surface area contributed by atoms with Crippen LogP contribution in [0.3, 0.4) is 0 Å². The fourth-order valence-corrected chi connectivity index (χ4v) is 14.7. The highest BCUT2D eigenvalue weighted by Crippen LogP contribution is 2.42. The molecule has 13 amide bonds. The molecular weight excluding hydrogens is 2000 g/mol. The van der Waals surface area contributed by atoms with Crippen LogP contribution in [-0.2, 0) is 132 Å². The number of nitrogens with zero attached hydrogens (tertiary/aromatic N) is 2. The average molecular weight is 2140 g/mol. The van der Waals surface area contributed by atoms with Gasteiger partial charge in [0.05, 0.1) is 216 Å². The SMILES string of the molecule is CCOC(=O)CCC(=O)c1cc2c(F)c(OCCCOc3c(OC)cc4c(c3F)CN(C(=O)CCC(=O)O[C@@H](C)CNC(=O)CC[C@H](NC(=O)CCCCCN3C(=O)C=CC3=O)C(=O)NCC(=O)NCC(=O)NCC(=O)NCC(=O)NCCOCCOCCOCCOCCOCCOCCOCCOCCC(=O)N[C@@H](CCC(=O)NC[C@H](O)[C@@H](O)[C@H](O)[C@H](O)CO)C(=O)NC[C@H](O)[C@@H](O)[C@H](O)[C@H](O)CO)C4)c(OC)cc2s1. The maximum absolute atomic E-state index is 16.2. The Hall–Kier alpha value is -11.6. The Kier molecular flexibility index (Phi) is 61.7. The number of fused-ring (bicyclic) bond motifs is 2. The van der Waals surface area contributed by atoms with Gasteiger partial charge >= 0.3 is 11.9 Å². The first-order valence-corrected chi connectivity index (χ1v) is 48.9. The number of methoxy groups -OCH3 is 2. The maximum Gasteiger partial charge on any atom is 0.306 e. The van der Waals surface area contributed by atoms with E-state index in [1.54, 1.807) is 6.92 Å². The summed E-state index contributed by atoms with van der Waals surface area (Å²) in [6, 6.07) is 1.61. The summed E-state index contributed by atoms with van der Waals surface area (Å²) in [5, 5.41) is 121. The van der Waals surface area contributed by atoms with Crippen LogP contribution in [0.1, 0.15) is 125 Å². The molecule has 0 unspecified atom stereocenters. The molecule has 0 spiro atoms. The van der Waals surface area contributed by atoms with Crippen LogP contribution in [-0.4, -0.2) is 434 Å². The van der Waals surface area contributed by atoms with E-state index in [0.717, 1.165) is 28.4 Å². The van der Waals surface area contributed by atoms with E-state index in [1.807, 2.05) is 0 Å². The number of halogens is 2. The summed E-state index contributed by atoms with van der Waals surface area (Å²) in [5.74, 6) is -12.7. The quantitative estimate of drug-likeness (QED) is 0.0108. The summed E-state index contributed by atoms with van der Waals surface area (Å²) in [7, 11) is 2.63. The molecule has 52 nitrogen and oxygen atoms in total. The lowest BCUT2D eigenvalue weighted by atomic mass is 10.0. The summed E-state index contributed by atoms with van der Waals surface area (Å²) in [6.45, 7) is 0.600. The third-order valence-corrected chi connectivity index (χ3v) is 22.9. The van der Waals surface area contributed by atoms with Crippen LogP contribution in [0.25, 0.3) is 10.1 Å². The van der Waals surface area contributed by atoms with Gasteiger partial charge in [-0.2, -0.15) is 0 Å². The van der Waals surface area contributed by atoms with Crippen molar-refractivity contribution in [1.29, 1.82) is 0 Å². The van der Waals surface area contributed by atoms with Gasteiger partial charge in [0.15, 0.2) is 40.4 Å². The fourth-order valence-electron chi connectivity index (χ4n) is 13.6. The van der Waals surface area contributed by atoms with Crippen LogP contribution in [0, 0.1) is 11.6 Å². The van der Waals surface area contributed by atoms with Gasteiger partial charge in [0.25, 0.3) is 11.8 Å². The topological polar surface area (TPSA) is 731 Å². The van der Waals surface area contributed by atoms with Crippen LogP contribution in [0.2, 0.25) is 0 Å². The van der Waals surface area contributed by atoms with E-state index >= 15 is 8.78 Å². The Bertz CT molecular complexity index is 4720. The highest BCUT2D eigenvalue weighted by Gasteiger charge is 2.36. The monoisotopic (exact) mass is 2130 g/mol. The first-order valence-electron chi connectivity index (χ1n) is 48.1. The zero-order valence-corrected chi connectivity index (χ0v) is 83.9. The number of benzene rings is 2. The number of ether oxygens (including phenoxy) is 14. The highest BCUT2D eigenvalue weighted by molar-refractivity contribution is 7.20. The number of nitrogens with one attached hydrogen (secondary N) is 10. The molecule has 0 saturated heterocycles. The van der Waals surface area contributed by atoms with Crippen molar-refractivity contribution in [3.63, 3.8) is 0 Å². The van der Waals surface area contributed by atoms with Crippen LogP contribution in [0.5, 0.6) is 23.0 Å². The molecule has 55 heteroatoms. The largest absolute Gasteiger partial charge is 0.493 e. The van der Waals surface area contributed by atoms with Crippen molar-refractivity contribution in [2.75, 3.05) is 212 Å². The van der Waals surface area contributed by atoms with E-state index in [2.05, 4.69) is 53.2 Å². The lowest BCUT2D eigenvalue weighted by Crippen LogP contribution is -2.53. The van der Waals surface area contributed by atoms with Crippen LogP contribution in [0.4, 0.5) is 8.78 Å². The molecule has 3 aromatic rings. The minimum Gasteiger partial charge on any atom is -0.493 e. The van der Waals surface area contributed by atoms with E-state index in [0.29, 0.717) is 49.5 Å². The van der Waals surface area contributed by atoms with Crippen molar-refractivity contribution < 1.29 is 203 Å². The third-order valence-electron chi connectivity index (χ3n) is 21.8. The lowest BCUT2D eigenvalue weighted by molar-refractivity contribution is -0.150. The number of esters is 2. The fraction of sp³-hybridized carbons (Fsp3) is 0.656. The van der Waals surface area contributed by atoms with Gasteiger partial charge in [-0.1, -0.05) is 6.42 Å². The predicted molar refractivity (Wildman–Crippen MR) is 510 cm³/mol. The van der Waals surface area contributed by atoms with Gasteiger partial charge < -0.3 is 175 Å². The third kappa shape index (κ3) is 48.8. The van der Waals surface area contributed by atoms with Crippen molar-refractivity contribution in [1.82, 2.24) is 63.0 Å². The maximum atomic E-state index is 16.2.